The molecule has 0 aromatic heterocycles. The molecule has 166 valence electrons. The molecule has 2 heterocycles. The standard InChI is InChI=1S/C24H31ClN4O2/c1-4-20(23-22(30)11-13-26-23)27-15-16(2)5-6-17(3)21-12-14-31-29-24(28-21)18-7-9-19(25)10-8-18/h5-10,20,22-23,26-27,30H,2-4,11-15H2,1H3/b6-5-/t20?,22-,23+/m0/s1. The first-order valence-electron chi connectivity index (χ1n) is 10.7. The van der Waals surface area contributed by atoms with Gasteiger partial charge in [0.1, 0.15) is 6.61 Å². The topological polar surface area (TPSA) is 78.2 Å². The van der Waals surface area contributed by atoms with Crippen LogP contribution in [0.2, 0.25) is 5.02 Å². The molecule has 1 fully saturated rings. The second kappa shape index (κ2) is 11.4. The minimum absolute atomic E-state index is 0.0858. The Morgan fingerprint density at radius 3 is 2.81 bits per heavy atom. The van der Waals surface area contributed by atoms with Gasteiger partial charge >= 0.3 is 0 Å². The van der Waals surface area contributed by atoms with E-state index in [0.717, 1.165) is 41.8 Å². The van der Waals surface area contributed by atoms with Crippen LogP contribution >= 0.6 is 11.6 Å². The number of aliphatic hydroxyl groups is 1. The number of amidine groups is 1. The van der Waals surface area contributed by atoms with Gasteiger partial charge < -0.3 is 20.6 Å². The molecule has 1 saturated heterocycles. The lowest BCUT2D eigenvalue weighted by Gasteiger charge is -2.26. The summed E-state index contributed by atoms with van der Waals surface area (Å²) in [7, 11) is 0. The maximum Gasteiger partial charge on any atom is 0.198 e. The van der Waals surface area contributed by atoms with Crippen molar-refractivity contribution < 1.29 is 9.94 Å². The Morgan fingerprint density at radius 2 is 2.13 bits per heavy atom. The zero-order chi connectivity index (χ0) is 22.2. The van der Waals surface area contributed by atoms with Crippen LogP contribution in [0.15, 0.2) is 70.9 Å². The van der Waals surface area contributed by atoms with Crippen LogP contribution in [0.4, 0.5) is 0 Å². The Hall–Kier alpha value is -2.25. The lowest BCUT2D eigenvalue weighted by atomic mass is 10.0. The molecule has 1 aromatic rings. The Kier molecular flexibility index (Phi) is 8.60. The Labute approximate surface area is 189 Å². The van der Waals surface area contributed by atoms with Gasteiger partial charge in [-0.1, -0.05) is 49.0 Å². The van der Waals surface area contributed by atoms with E-state index in [-0.39, 0.29) is 18.2 Å². The molecular weight excluding hydrogens is 412 g/mol. The highest BCUT2D eigenvalue weighted by atomic mass is 35.5. The van der Waals surface area contributed by atoms with E-state index in [1.54, 1.807) is 12.1 Å². The molecule has 0 amide bonds. The number of halogens is 1. The van der Waals surface area contributed by atoms with E-state index in [2.05, 4.69) is 40.9 Å². The lowest BCUT2D eigenvalue weighted by molar-refractivity contribution is 0.139. The minimum Gasteiger partial charge on any atom is -0.394 e. The van der Waals surface area contributed by atoms with Gasteiger partial charge in [0.05, 0.1) is 11.8 Å². The summed E-state index contributed by atoms with van der Waals surface area (Å²) >= 11 is 5.97. The highest BCUT2D eigenvalue weighted by Gasteiger charge is 2.30. The molecule has 0 aliphatic carbocycles. The highest BCUT2D eigenvalue weighted by molar-refractivity contribution is 6.30. The number of nitrogens with zero attached hydrogens (tertiary/aromatic N) is 2. The quantitative estimate of drug-likeness (QED) is 0.510. The van der Waals surface area contributed by atoms with Crippen molar-refractivity contribution in [3.63, 3.8) is 0 Å². The average Bonchev–Trinajstić information content (AvgIpc) is 3.04. The van der Waals surface area contributed by atoms with E-state index in [1.165, 1.54) is 0 Å². The minimum atomic E-state index is -0.298. The third kappa shape index (κ3) is 6.61. The fourth-order valence-electron chi connectivity index (χ4n) is 3.69. The normalized spacial score (nSPS) is 22.4. The van der Waals surface area contributed by atoms with Crippen LogP contribution in [0, 0.1) is 0 Å². The summed E-state index contributed by atoms with van der Waals surface area (Å²) in [5.74, 6) is 0.507. The molecular formula is C24H31ClN4O2. The van der Waals surface area contributed by atoms with Gasteiger partial charge in [0, 0.05) is 35.6 Å². The molecule has 3 rings (SSSR count). The van der Waals surface area contributed by atoms with Crippen LogP contribution < -0.4 is 10.6 Å². The molecule has 3 atom stereocenters. The van der Waals surface area contributed by atoms with Gasteiger partial charge in [-0.2, -0.15) is 0 Å². The summed E-state index contributed by atoms with van der Waals surface area (Å²) in [5.41, 5.74) is 3.40. The van der Waals surface area contributed by atoms with Crippen molar-refractivity contribution in [2.75, 3.05) is 19.7 Å². The Bertz CT molecular complexity index is 876. The van der Waals surface area contributed by atoms with Gasteiger partial charge in [-0.05, 0) is 54.8 Å². The van der Waals surface area contributed by atoms with Crippen LogP contribution in [-0.2, 0) is 4.84 Å². The van der Waals surface area contributed by atoms with Crippen molar-refractivity contribution in [2.45, 2.75) is 44.4 Å². The molecule has 6 nitrogen and oxygen atoms in total. The molecule has 2 aliphatic heterocycles. The molecule has 0 spiro atoms. The molecule has 0 saturated carbocycles. The third-order valence-electron chi connectivity index (χ3n) is 5.51. The van der Waals surface area contributed by atoms with Crippen LogP contribution in [-0.4, -0.2) is 54.5 Å². The predicted octanol–water partition coefficient (Wildman–Crippen LogP) is 3.62. The number of nitrogens with one attached hydrogen (secondary N) is 2. The fourth-order valence-corrected chi connectivity index (χ4v) is 3.81. The van der Waals surface area contributed by atoms with Crippen LogP contribution in [0.1, 0.15) is 31.7 Å². The fraction of sp³-hybridized carbons (Fsp3) is 0.417. The first-order valence-corrected chi connectivity index (χ1v) is 11.1. The summed E-state index contributed by atoms with van der Waals surface area (Å²) in [5, 5.41) is 21.8. The zero-order valence-corrected chi connectivity index (χ0v) is 18.7. The average molecular weight is 443 g/mol. The van der Waals surface area contributed by atoms with E-state index in [1.807, 2.05) is 24.3 Å². The van der Waals surface area contributed by atoms with Crippen molar-refractivity contribution in [2.24, 2.45) is 10.1 Å². The van der Waals surface area contributed by atoms with Gasteiger partial charge in [0.2, 0.25) is 0 Å². The molecule has 3 N–H and O–H groups in total. The molecule has 1 aromatic carbocycles. The highest BCUT2D eigenvalue weighted by Crippen LogP contribution is 2.16. The molecule has 0 radical (unpaired) electrons. The van der Waals surface area contributed by atoms with E-state index < -0.39 is 0 Å². The largest absolute Gasteiger partial charge is 0.394 e. The second-order valence-electron chi connectivity index (χ2n) is 7.81. The Balaban J connectivity index is 1.58. The molecule has 0 bridgehead atoms. The lowest BCUT2D eigenvalue weighted by Crippen LogP contribution is -2.49. The van der Waals surface area contributed by atoms with E-state index >= 15 is 0 Å². The van der Waals surface area contributed by atoms with Crippen molar-refractivity contribution in [3.05, 3.63) is 71.3 Å². The number of benzene rings is 1. The van der Waals surface area contributed by atoms with Crippen molar-refractivity contribution in [3.8, 4) is 0 Å². The van der Waals surface area contributed by atoms with Crippen molar-refractivity contribution in [1.29, 1.82) is 0 Å². The first-order chi connectivity index (χ1) is 15.0. The molecule has 1 unspecified atom stereocenters. The van der Waals surface area contributed by atoms with E-state index in [4.69, 9.17) is 16.4 Å². The van der Waals surface area contributed by atoms with Crippen LogP contribution in [0.5, 0.6) is 0 Å². The number of hydrogen-bond acceptors (Lipinski definition) is 6. The number of aliphatic imine (C=N–C) groups is 1. The molecule has 7 heteroatoms. The van der Waals surface area contributed by atoms with E-state index in [0.29, 0.717) is 30.4 Å². The number of oxime groups is 1. The Morgan fingerprint density at radius 1 is 1.35 bits per heavy atom. The summed E-state index contributed by atoms with van der Waals surface area (Å²) in [4.78, 5) is 10.0. The van der Waals surface area contributed by atoms with E-state index in [9.17, 15) is 5.11 Å². The van der Waals surface area contributed by atoms with Gasteiger partial charge in [0.15, 0.2) is 5.84 Å². The predicted molar refractivity (Wildman–Crippen MR) is 128 cm³/mol. The summed E-state index contributed by atoms with van der Waals surface area (Å²) < 4.78 is 0. The first kappa shape index (κ1) is 23.4. The summed E-state index contributed by atoms with van der Waals surface area (Å²) in [6.07, 6.45) is 5.94. The van der Waals surface area contributed by atoms with Gasteiger partial charge in [-0.25, -0.2) is 4.99 Å². The second-order valence-corrected chi connectivity index (χ2v) is 8.25. The smallest absolute Gasteiger partial charge is 0.198 e. The number of allylic oxidation sites excluding steroid dienone is 2. The summed E-state index contributed by atoms with van der Waals surface area (Å²) in [6, 6.07) is 7.62. The number of aliphatic hydroxyl groups excluding tert-OH is 1. The monoisotopic (exact) mass is 442 g/mol. The zero-order valence-electron chi connectivity index (χ0n) is 18.0. The van der Waals surface area contributed by atoms with Gasteiger partial charge in [-0.15, -0.1) is 0 Å². The van der Waals surface area contributed by atoms with Crippen molar-refractivity contribution >= 4 is 23.1 Å². The molecule has 31 heavy (non-hydrogen) atoms. The van der Waals surface area contributed by atoms with Crippen molar-refractivity contribution in [1.82, 2.24) is 10.6 Å². The maximum absolute atomic E-state index is 10.1. The molecule has 2 aliphatic rings. The van der Waals surface area contributed by atoms with Crippen LogP contribution in [0.3, 0.4) is 0 Å². The number of rotatable bonds is 9. The van der Waals surface area contributed by atoms with Gasteiger partial charge in [0.25, 0.3) is 0 Å². The third-order valence-corrected chi connectivity index (χ3v) is 5.77. The number of hydrogen-bond donors (Lipinski definition) is 3. The van der Waals surface area contributed by atoms with Gasteiger partial charge in [-0.3, -0.25) is 0 Å². The SMILES string of the molecule is C=C(/C=C\C(=C)C1=NC(c2ccc(Cl)cc2)=NOCC1)CNC(CC)[C@H]1NCC[C@@H]1O. The summed E-state index contributed by atoms with van der Waals surface area (Å²) in [6.45, 7) is 12.4. The maximum atomic E-state index is 10.1. The van der Waals surface area contributed by atoms with Crippen LogP contribution in [0.25, 0.3) is 0 Å².